The molecule has 0 spiro atoms. The third kappa shape index (κ3) is 8.15. The lowest BCUT2D eigenvalue weighted by Crippen LogP contribution is -2.47. The number of ether oxygens (including phenoxy) is 1. The SMILES string of the molecule is N#CC1CN(CC(Cc2nc[nH]c(=O)c2OP(=O)(O)O)c2ccc(C#Cc3ccc(CN4CCOCC4)cc3)cc2)C1. The molecule has 0 bridgehead atoms. The summed E-state index contributed by atoms with van der Waals surface area (Å²) in [4.78, 5) is 41.9. The lowest BCUT2D eigenvalue weighted by Gasteiger charge is -2.37. The molecule has 11 nitrogen and oxygen atoms in total. The van der Waals surface area contributed by atoms with Crippen LogP contribution in [0, 0.1) is 29.1 Å². The molecule has 0 aliphatic carbocycles. The smallest absolute Gasteiger partial charge is 0.396 e. The van der Waals surface area contributed by atoms with Gasteiger partial charge in [0.1, 0.15) is 0 Å². The quantitative estimate of drug-likeness (QED) is 0.250. The standard InChI is InChI=1S/C30H32N5O6P/c31-16-25-18-35(19-25)20-27(15-28-29(41-42(37,38)39)30(36)33-21-32-28)26-9-7-23(8-10-26)2-1-22-3-5-24(6-4-22)17-34-11-13-40-14-12-34/h3-10,21,25,27H,11-15,17-20H2,(H,32,33,36)(H2,37,38,39). The number of H-pyrrole nitrogens is 1. The molecular formula is C30H32N5O6P. The van der Waals surface area contributed by atoms with Crippen molar-refractivity contribution in [2.45, 2.75) is 18.9 Å². The number of hydrogen-bond donors (Lipinski definition) is 3. The second kappa shape index (κ2) is 13.5. The molecule has 3 N–H and O–H groups in total. The zero-order chi connectivity index (χ0) is 29.5. The molecule has 218 valence electrons. The number of phosphoric acid groups is 1. The van der Waals surface area contributed by atoms with E-state index in [1.807, 2.05) is 36.4 Å². The van der Waals surface area contributed by atoms with Crippen LogP contribution in [0.1, 0.15) is 33.9 Å². The highest BCUT2D eigenvalue weighted by atomic mass is 31.2. The number of rotatable bonds is 9. The van der Waals surface area contributed by atoms with Crippen molar-refractivity contribution >= 4 is 7.82 Å². The highest BCUT2D eigenvalue weighted by Gasteiger charge is 2.30. The maximum absolute atomic E-state index is 12.3. The van der Waals surface area contributed by atoms with Gasteiger partial charge in [0.25, 0.3) is 5.56 Å². The lowest BCUT2D eigenvalue weighted by atomic mass is 9.90. The highest BCUT2D eigenvalue weighted by molar-refractivity contribution is 7.46. The van der Waals surface area contributed by atoms with Crippen LogP contribution in [0.2, 0.25) is 0 Å². The maximum Gasteiger partial charge on any atom is 0.525 e. The van der Waals surface area contributed by atoms with Crippen LogP contribution in [-0.4, -0.2) is 75.5 Å². The second-order valence-corrected chi connectivity index (χ2v) is 11.7. The first-order chi connectivity index (χ1) is 20.3. The summed E-state index contributed by atoms with van der Waals surface area (Å²) in [5, 5.41) is 9.17. The number of nitriles is 1. The van der Waals surface area contributed by atoms with E-state index in [-0.39, 0.29) is 24.0 Å². The average Bonchev–Trinajstić information content (AvgIpc) is 2.96. The topological polar surface area (TPSA) is 152 Å². The summed E-state index contributed by atoms with van der Waals surface area (Å²) in [6.45, 7) is 6.18. The van der Waals surface area contributed by atoms with Gasteiger partial charge in [-0.05, 0) is 35.4 Å². The molecule has 1 unspecified atom stereocenters. The maximum atomic E-state index is 12.3. The number of aromatic amines is 1. The van der Waals surface area contributed by atoms with Gasteiger partial charge in [0.2, 0.25) is 5.75 Å². The molecule has 1 aromatic heterocycles. The Morgan fingerprint density at radius 3 is 2.31 bits per heavy atom. The Kier molecular flexibility index (Phi) is 9.51. The van der Waals surface area contributed by atoms with Gasteiger partial charge in [-0.1, -0.05) is 36.1 Å². The van der Waals surface area contributed by atoms with Crippen molar-refractivity contribution in [2.75, 3.05) is 45.9 Å². The van der Waals surface area contributed by atoms with E-state index >= 15 is 0 Å². The summed E-state index contributed by atoms with van der Waals surface area (Å²) in [6.07, 6.45) is 1.39. The number of hydrogen-bond acceptors (Lipinski definition) is 8. The molecule has 12 heteroatoms. The van der Waals surface area contributed by atoms with Crippen molar-refractivity contribution in [3.8, 4) is 23.7 Å². The zero-order valence-electron chi connectivity index (χ0n) is 23.0. The number of likely N-dealkylation sites (tertiary alicyclic amines) is 1. The zero-order valence-corrected chi connectivity index (χ0v) is 23.9. The third-order valence-corrected chi connectivity index (χ3v) is 7.77. The summed E-state index contributed by atoms with van der Waals surface area (Å²) in [5.74, 6) is 5.73. The van der Waals surface area contributed by atoms with E-state index in [1.165, 1.54) is 11.9 Å². The number of nitrogens with zero attached hydrogens (tertiary/aromatic N) is 4. The van der Waals surface area contributed by atoms with Gasteiger partial charge in [0.15, 0.2) is 0 Å². The molecule has 2 aliphatic heterocycles. The van der Waals surface area contributed by atoms with Crippen LogP contribution in [0.4, 0.5) is 0 Å². The Bertz CT molecular complexity index is 1570. The van der Waals surface area contributed by atoms with Gasteiger partial charge in [-0.2, -0.15) is 5.26 Å². The van der Waals surface area contributed by atoms with Gasteiger partial charge >= 0.3 is 7.82 Å². The Morgan fingerprint density at radius 2 is 1.69 bits per heavy atom. The van der Waals surface area contributed by atoms with Crippen LogP contribution in [0.3, 0.4) is 0 Å². The van der Waals surface area contributed by atoms with E-state index in [9.17, 15) is 24.4 Å². The molecular weight excluding hydrogens is 557 g/mol. The minimum absolute atomic E-state index is 0.0250. The molecule has 2 aliphatic rings. The fourth-order valence-electron chi connectivity index (χ4n) is 5.11. The molecule has 3 heterocycles. The van der Waals surface area contributed by atoms with Gasteiger partial charge in [-0.25, -0.2) is 9.55 Å². The second-order valence-electron chi connectivity index (χ2n) is 10.5. The summed E-state index contributed by atoms with van der Waals surface area (Å²) in [5.41, 5.74) is 3.32. The van der Waals surface area contributed by atoms with Crippen molar-refractivity contribution in [1.82, 2.24) is 19.8 Å². The molecule has 0 radical (unpaired) electrons. The fourth-order valence-corrected chi connectivity index (χ4v) is 5.54. The van der Waals surface area contributed by atoms with Crippen LogP contribution in [0.5, 0.6) is 5.75 Å². The predicted molar refractivity (Wildman–Crippen MR) is 154 cm³/mol. The Labute approximate surface area is 244 Å². The summed E-state index contributed by atoms with van der Waals surface area (Å²) >= 11 is 0. The van der Waals surface area contributed by atoms with Crippen molar-refractivity contribution in [1.29, 1.82) is 5.26 Å². The number of aromatic nitrogens is 2. The van der Waals surface area contributed by atoms with E-state index in [0.29, 0.717) is 19.6 Å². The molecule has 1 atom stereocenters. The van der Waals surface area contributed by atoms with Crippen molar-refractivity contribution in [3.05, 3.63) is 93.2 Å². The molecule has 2 saturated heterocycles. The number of benzene rings is 2. The van der Waals surface area contributed by atoms with E-state index < -0.39 is 19.1 Å². The van der Waals surface area contributed by atoms with E-state index in [1.54, 1.807) is 0 Å². The Balaban J connectivity index is 1.30. The molecule has 0 amide bonds. The van der Waals surface area contributed by atoms with E-state index in [4.69, 9.17) is 9.26 Å². The minimum Gasteiger partial charge on any atom is -0.396 e. The van der Waals surface area contributed by atoms with Crippen LogP contribution in [0.15, 0.2) is 59.7 Å². The molecule has 0 saturated carbocycles. The fraction of sp³-hybridized carbons (Fsp3) is 0.367. The molecule has 3 aromatic rings. The van der Waals surface area contributed by atoms with Crippen LogP contribution >= 0.6 is 7.82 Å². The molecule has 2 aromatic carbocycles. The summed E-state index contributed by atoms with van der Waals surface area (Å²) < 4.78 is 21.6. The lowest BCUT2D eigenvalue weighted by molar-refractivity contribution is 0.0342. The predicted octanol–water partition coefficient (Wildman–Crippen LogP) is 2.26. The largest absolute Gasteiger partial charge is 0.525 e. The molecule has 2 fully saturated rings. The van der Waals surface area contributed by atoms with Crippen molar-refractivity contribution < 1.29 is 23.6 Å². The Morgan fingerprint density at radius 1 is 1.05 bits per heavy atom. The van der Waals surface area contributed by atoms with Gasteiger partial charge in [0.05, 0.1) is 37.2 Å². The monoisotopic (exact) mass is 589 g/mol. The van der Waals surface area contributed by atoms with Gasteiger partial charge in [0, 0.05) is 62.7 Å². The first-order valence-electron chi connectivity index (χ1n) is 13.7. The average molecular weight is 590 g/mol. The van der Waals surface area contributed by atoms with E-state index in [2.05, 4.69) is 49.8 Å². The van der Waals surface area contributed by atoms with Crippen LogP contribution in [0.25, 0.3) is 0 Å². The first-order valence-corrected chi connectivity index (χ1v) is 15.2. The number of morpholine rings is 1. The van der Waals surface area contributed by atoms with Gasteiger partial charge in [-0.15, -0.1) is 0 Å². The number of phosphoric ester groups is 1. The summed E-state index contributed by atoms with van der Waals surface area (Å²) in [7, 11) is -4.97. The first kappa shape index (κ1) is 29.7. The molecule has 42 heavy (non-hydrogen) atoms. The normalized spacial score (nSPS) is 17.0. The third-order valence-electron chi connectivity index (χ3n) is 7.35. The molecule has 5 rings (SSSR count). The summed E-state index contributed by atoms with van der Waals surface area (Å²) in [6, 6.07) is 18.3. The van der Waals surface area contributed by atoms with Crippen molar-refractivity contribution in [3.63, 3.8) is 0 Å². The van der Waals surface area contributed by atoms with Crippen molar-refractivity contribution in [2.24, 2.45) is 5.92 Å². The van der Waals surface area contributed by atoms with Crippen LogP contribution in [-0.2, 0) is 22.3 Å². The Hall–Kier alpha value is -3.80. The number of nitrogens with one attached hydrogen (secondary N) is 1. The van der Waals surface area contributed by atoms with Gasteiger partial charge in [-0.3, -0.25) is 19.5 Å². The van der Waals surface area contributed by atoms with E-state index in [0.717, 1.165) is 49.5 Å². The highest BCUT2D eigenvalue weighted by Crippen LogP contribution is 2.38. The minimum atomic E-state index is -4.97. The van der Waals surface area contributed by atoms with Crippen LogP contribution < -0.4 is 10.1 Å². The van der Waals surface area contributed by atoms with Gasteiger partial charge < -0.3 is 19.1 Å².